The second-order valence-electron chi connectivity index (χ2n) is 10.6. The van der Waals surface area contributed by atoms with Crippen LogP contribution in [0.2, 0.25) is 0 Å². The number of esters is 1. The smallest absolute Gasteiger partial charge is 0.330 e. The zero-order chi connectivity index (χ0) is 24.8. The van der Waals surface area contributed by atoms with Gasteiger partial charge in [0.15, 0.2) is 0 Å². The Morgan fingerprint density at radius 1 is 1.06 bits per heavy atom. The highest BCUT2D eigenvalue weighted by molar-refractivity contribution is 5.82. The number of aliphatic hydroxyl groups excluding tert-OH is 2. The third-order valence-corrected chi connectivity index (χ3v) is 7.28. The third-order valence-electron chi connectivity index (χ3n) is 7.28. The molecular weight excluding hydrogens is 444 g/mol. The van der Waals surface area contributed by atoms with Crippen LogP contribution in [0.3, 0.4) is 0 Å². The first-order chi connectivity index (χ1) is 16.9. The summed E-state index contributed by atoms with van der Waals surface area (Å²) in [5, 5.41) is 21.5. The number of hydrogen-bond donors (Lipinski definition) is 2. The number of aliphatic hydroxyl groups is 2. The molecule has 5 unspecified atom stereocenters. The van der Waals surface area contributed by atoms with Gasteiger partial charge in [-0.3, -0.25) is 0 Å². The lowest BCUT2D eigenvalue weighted by Gasteiger charge is -2.28. The van der Waals surface area contributed by atoms with E-state index in [2.05, 4.69) is 31.7 Å². The summed E-state index contributed by atoms with van der Waals surface area (Å²) < 4.78 is 17.6. The molecule has 0 aromatic heterocycles. The molecule has 4 aliphatic rings. The molecule has 6 heteroatoms. The molecule has 0 amide bonds. The fourth-order valence-electron chi connectivity index (χ4n) is 5.38. The summed E-state index contributed by atoms with van der Waals surface area (Å²) in [6.45, 7) is 6.39. The van der Waals surface area contributed by atoms with Crippen molar-refractivity contribution in [3.63, 3.8) is 0 Å². The molecule has 0 aromatic rings. The molecule has 1 saturated heterocycles. The Labute approximate surface area is 209 Å². The van der Waals surface area contributed by atoms with E-state index in [0.717, 1.165) is 37.7 Å². The molecule has 0 saturated carbocycles. The number of cyclic esters (lactones) is 1. The second-order valence-corrected chi connectivity index (χ2v) is 10.6. The van der Waals surface area contributed by atoms with Gasteiger partial charge in [0.1, 0.15) is 18.3 Å². The Bertz CT molecular complexity index is 849. The topological polar surface area (TPSA) is 88.5 Å². The lowest BCUT2D eigenvalue weighted by atomic mass is 9.91. The minimum absolute atomic E-state index is 0.0705. The SMILES string of the molecule is C=C1CC(C)C[C@@H]2CC=CC(C/C=C\C(=O)OC(C(O)/C=C/C3CC=CC3)C[C@@H]3OC3[C@@H](O)C1)O2. The number of epoxide rings is 1. The van der Waals surface area contributed by atoms with Crippen molar-refractivity contribution < 1.29 is 29.2 Å². The second kappa shape index (κ2) is 12.3. The number of carbonyl (C=O) groups is 1. The molecule has 35 heavy (non-hydrogen) atoms. The van der Waals surface area contributed by atoms with E-state index in [1.54, 1.807) is 12.2 Å². The molecule has 6 nitrogen and oxygen atoms in total. The van der Waals surface area contributed by atoms with Crippen molar-refractivity contribution in [3.8, 4) is 0 Å². The maximum atomic E-state index is 12.6. The van der Waals surface area contributed by atoms with E-state index < -0.39 is 24.3 Å². The number of hydrogen-bond acceptors (Lipinski definition) is 6. The molecule has 1 fully saturated rings. The molecule has 1 aliphatic carbocycles. The molecule has 2 bridgehead atoms. The van der Waals surface area contributed by atoms with Crippen LogP contribution in [0.5, 0.6) is 0 Å². The monoisotopic (exact) mass is 484 g/mol. The Balaban J connectivity index is 1.44. The van der Waals surface area contributed by atoms with Crippen LogP contribution in [0.25, 0.3) is 0 Å². The highest BCUT2D eigenvalue weighted by atomic mass is 16.6. The van der Waals surface area contributed by atoms with Crippen LogP contribution in [0, 0.1) is 11.8 Å². The molecule has 3 aliphatic heterocycles. The van der Waals surface area contributed by atoms with Gasteiger partial charge >= 0.3 is 5.97 Å². The molecule has 0 aromatic carbocycles. The van der Waals surface area contributed by atoms with Gasteiger partial charge in [0.25, 0.3) is 0 Å². The summed E-state index contributed by atoms with van der Waals surface area (Å²) in [7, 11) is 0. The van der Waals surface area contributed by atoms with Crippen LogP contribution in [-0.4, -0.2) is 58.9 Å². The molecule has 2 N–H and O–H groups in total. The van der Waals surface area contributed by atoms with Crippen molar-refractivity contribution in [2.24, 2.45) is 11.8 Å². The van der Waals surface area contributed by atoms with Crippen molar-refractivity contribution >= 4 is 5.97 Å². The van der Waals surface area contributed by atoms with Gasteiger partial charge in [-0.15, -0.1) is 0 Å². The van der Waals surface area contributed by atoms with E-state index in [1.165, 1.54) is 6.08 Å². The predicted octanol–water partition coefficient (Wildman–Crippen LogP) is 4.34. The Hall–Kier alpha value is -1.99. The fraction of sp³-hybridized carbons (Fsp3) is 0.621. The summed E-state index contributed by atoms with van der Waals surface area (Å²) in [6, 6.07) is 0. The summed E-state index contributed by atoms with van der Waals surface area (Å²) in [6.07, 6.45) is 18.4. The van der Waals surface area contributed by atoms with E-state index in [-0.39, 0.29) is 24.4 Å². The number of ether oxygens (including phenoxy) is 3. The van der Waals surface area contributed by atoms with Crippen molar-refractivity contribution in [1.82, 2.24) is 0 Å². The number of allylic oxidation sites excluding steroid dienone is 3. The quantitative estimate of drug-likeness (QED) is 0.352. The van der Waals surface area contributed by atoms with Gasteiger partial charge < -0.3 is 24.4 Å². The molecule has 8 atom stereocenters. The minimum Gasteiger partial charge on any atom is -0.456 e. The van der Waals surface area contributed by atoms with Crippen molar-refractivity contribution in [2.45, 2.75) is 101 Å². The van der Waals surface area contributed by atoms with Crippen LogP contribution >= 0.6 is 0 Å². The van der Waals surface area contributed by atoms with E-state index >= 15 is 0 Å². The van der Waals surface area contributed by atoms with Crippen molar-refractivity contribution in [2.75, 3.05) is 0 Å². The van der Waals surface area contributed by atoms with Gasteiger partial charge in [0.05, 0.1) is 24.4 Å². The summed E-state index contributed by atoms with van der Waals surface area (Å²) in [5.41, 5.74) is 1.00. The van der Waals surface area contributed by atoms with Gasteiger partial charge in [0.2, 0.25) is 0 Å². The maximum Gasteiger partial charge on any atom is 0.330 e. The van der Waals surface area contributed by atoms with Crippen molar-refractivity contribution in [1.29, 1.82) is 0 Å². The number of carbonyl (C=O) groups excluding carboxylic acids is 1. The van der Waals surface area contributed by atoms with Gasteiger partial charge in [0, 0.05) is 12.5 Å². The average molecular weight is 485 g/mol. The van der Waals surface area contributed by atoms with Gasteiger partial charge in [-0.1, -0.05) is 61.6 Å². The molecule has 192 valence electrons. The Morgan fingerprint density at radius 2 is 1.86 bits per heavy atom. The highest BCUT2D eigenvalue weighted by Crippen LogP contribution is 2.35. The zero-order valence-corrected chi connectivity index (χ0v) is 20.7. The predicted molar refractivity (Wildman–Crippen MR) is 135 cm³/mol. The summed E-state index contributed by atoms with van der Waals surface area (Å²) >= 11 is 0. The summed E-state index contributed by atoms with van der Waals surface area (Å²) in [5.74, 6) is 0.266. The van der Waals surface area contributed by atoms with Crippen LogP contribution in [0.15, 0.2) is 60.8 Å². The zero-order valence-electron chi connectivity index (χ0n) is 20.7. The lowest BCUT2D eigenvalue weighted by Crippen LogP contribution is -2.32. The maximum absolute atomic E-state index is 12.6. The van der Waals surface area contributed by atoms with E-state index in [0.29, 0.717) is 31.1 Å². The van der Waals surface area contributed by atoms with E-state index in [1.807, 2.05) is 12.2 Å². The normalized spacial score (nSPS) is 39.0. The molecule has 0 radical (unpaired) electrons. The largest absolute Gasteiger partial charge is 0.456 e. The van der Waals surface area contributed by atoms with Crippen molar-refractivity contribution in [3.05, 3.63) is 60.8 Å². The Kier molecular flexibility index (Phi) is 9.17. The summed E-state index contributed by atoms with van der Waals surface area (Å²) in [4.78, 5) is 12.6. The number of rotatable bonds is 3. The molecule has 3 heterocycles. The van der Waals surface area contributed by atoms with Crippen LogP contribution in [0.1, 0.15) is 58.3 Å². The first kappa shape index (κ1) is 26.1. The lowest BCUT2D eigenvalue weighted by molar-refractivity contribution is -0.148. The van der Waals surface area contributed by atoms with Gasteiger partial charge in [-0.05, 0) is 56.8 Å². The molecule has 0 spiro atoms. The average Bonchev–Trinajstić information content (AvgIpc) is 3.38. The third kappa shape index (κ3) is 8.01. The Morgan fingerprint density at radius 3 is 2.66 bits per heavy atom. The first-order valence-electron chi connectivity index (χ1n) is 13.1. The number of fused-ring (bicyclic) bond motifs is 3. The molecular formula is C29H40O6. The standard InChI is InChI=1S/C29H40O6/c1-19-15-20(2)17-25(31)29-27(35-29)18-26(24(30)14-13-21-7-3-4-8-21)34-28(32)12-6-10-22-9-5-11-23(16-19)33-22/h3-6,9,12-14,19,21-27,29-31H,2,7-8,10-11,15-18H2,1H3/b12-6-,14-13+/t19?,22?,23-,24?,25-,26?,27-,29?/m0/s1. The first-order valence-corrected chi connectivity index (χ1v) is 13.1. The van der Waals surface area contributed by atoms with E-state index in [9.17, 15) is 15.0 Å². The van der Waals surface area contributed by atoms with Gasteiger partial charge in [-0.2, -0.15) is 0 Å². The van der Waals surface area contributed by atoms with Crippen LogP contribution < -0.4 is 0 Å². The fourth-order valence-corrected chi connectivity index (χ4v) is 5.38. The van der Waals surface area contributed by atoms with E-state index in [4.69, 9.17) is 14.2 Å². The molecule has 4 rings (SSSR count). The van der Waals surface area contributed by atoms with Crippen LogP contribution in [-0.2, 0) is 19.0 Å². The van der Waals surface area contributed by atoms with Gasteiger partial charge in [-0.25, -0.2) is 4.79 Å². The minimum atomic E-state index is -0.943. The van der Waals surface area contributed by atoms with Crippen LogP contribution in [0.4, 0.5) is 0 Å². The highest BCUT2D eigenvalue weighted by Gasteiger charge is 2.46.